The molecule has 1 saturated heterocycles. The van der Waals surface area contributed by atoms with Crippen LogP contribution in [0.15, 0.2) is 34.9 Å². The third-order valence-corrected chi connectivity index (χ3v) is 3.92. The molecule has 1 unspecified atom stereocenters. The van der Waals surface area contributed by atoms with Crippen LogP contribution >= 0.6 is 12.4 Å². The molecule has 4 nitrogen and oxygen atoms in total. The standard InChI is InChI=1S/C16H20FN3O.ClH/c1-18-14-6-3-7-20(9-14)10-15-11-21-16(19-15)12-4-2-5-13(17)8-12;/h2,4-5,8,11,14,18H,3,6-7,9-10H2,1H3;1H. The largest absolute Gasteiger partial charge is 0.444 e. The van der Waals surface area contributed by atoms with Crippen molar-refractivity contribution in [2.24, 2.45) is 0 Å². The van der Waals surface area contributed by atoms with E-state index in [-0.39, 0.29) is 18.2 Å². The maximum atomic E-state index is 13.2. The minimum absolute atomic E-state index is 0. The summed E-state index contributed by atoms with van der Waals surface area (Å²) in [6.07, 6.45) is 4.09. The maximum Gasteiger partial charge on any atom is 0.226 e. The molecule has 1 atom stereocenters. The summed E-state index contributed by atoms with van der Waals surface area (Å²) in [5, 5.41) is 3.33. The van der Waals surface area contributed by atoms with E-state index in [1.54, 1.807) is 18.4 Å². The number of piperidine rings is 1. The Bertz CT molecular complexity index is 605. The third-order valence-electron chi connectivity index (χ3n) is 3.92. The van der Waals surface area contributed by atoms with E-state index in [0.717, 1.165) is 25.3 Å². The Morgan fingerprint density at radius 1 is 1.45 bits per heavy atom. The van der Waals surface area contributed by atoms with Gasteiger partial charge in [0.1, 0.15) is 12.1 Å². The SMILES string of the molecule is CNC1CCCN(Cc2coc(-c3cccc(F)c3)n2)C1.Cl. The molecular weight excluding hydrogens is 305 g/mol. The van der Waals surface area contributed by atoms with Gasteiger partial charge in [-0.25, -0.2) is 9.37 Å². The van der Waals surface area contributed by atoms with Gasteiger partial charge in [-0.2, -0.15) is 0 Å². The molecule has 0 amide bonds. The highest BCUT2D eigenvalue weighted by Gasteiger charge is 2.19. The van der Waals surface area contributed by atoms with E-state index in [1.807, 2.05) is 7.05 Å². The minimum Gasteiger partial charge on any atom is -0.444 e. The number of benzene rings is 1. The van der Waals surface area contributed by atoms with Crippen LogP contribution in [-0.4, -0.2) is 36.1 Å². The molecule has 0 bridgehead atoms. The number of oxazole rings is 1. The van der Waals surface area contributed by atoms with Crippen molar-refractivity contribution >= 4 is 12.4 Å². The number of hydrogen-bond acceptors (Lipinski definition) is 4. The fraction of sp³-hybridized carbons (Fsp3) is 0.438. The first-order chi connectivity index (χ1) is 10.2. The van der Waals surface area contributed by atoms with Crippen molar-refractivity contribution in [1.29, 1.82) is 0 Å². The molecule has 2 heterocycles. The monoisotopic (exact) mass is 325 g/mol. The quantitative estimate of drug-likeness (QED) is 0.938. The highest BCUT2D eigenvalue weighted by Crippen LogP contribution is 2.21. The normalized spacial score (nSPS) is 18.9. The summed E-state index contributed by atoms with van der Waals surface area (Å²) in [6, 6.07) is 6.87. The van der Waals surface area contributed by atoms with Crippen molar-refractivity contribution in [1.82, 2.24) is 15.2 Å². The van der Waals surface area contributed by atoms with E-state index in [2.05, 4.69) is 15.2 Å². The Kier molecular flexibility index (Phi) is 5.94. The van der Waals surface area contributed by atoms with Crippen molar-refractivity contribution in [2.45, 2.75) is 25.4 Å². The number of likely N-dealkylation sites (N-methyl/N-ethyl adjacent to an activating group) is 1. The van der Waals surface area contributed by atoms with Gasteiger partial charge in [0.2, 0.25) is 5.89 Å². The molecule has 1 aromatic carbocycles. The van der Waals surface area contributed by atoms with Gasteiger partial charge in [-0.1, -0.05) is 6.07 Å². The van der Waals surface area contributed by atoms with E-state index in [4.69, 9.17) is 4.42 Å². The van der Waals surface area contributed by atoms with Crippen molar-refractivity contribution in [3.05, 3.63) is 42.0 Å². The molecule has 1 fully saturated rings. The van der Waals surface area contributed by atoms with Gasteiger partial charge in [0, 0.05) is 24.7 Å². The number of halogens is 2. The predicted molar refractivity (Wildman–Crippen MR) is 86.5 cm³/mol. The Morgan fingerprint density at radius 2 is 2.32 bits per heavy atom. The highest BCUT2D eigenvalue weighted by molar-refractivity contribution is 5.85. The van der Waals surface area contributed by atoms with E-state index in [1.165, 1.54) is 25.0 Å². The fourth-order valence-corrected chi connectivity index (χ4v) is 2.80. The molecule has 3 rings (SSSR count). The molecule has 1 aromatic heterocycles. The van der Waals surface area contributed by atoms with Crippen LogP contribution in [0.3, 0.4) is 0 Å². The van der Waals surface area contributed by atoms with Gasteiger partial charge < -0.3 is 9.73 Å². The molecule has 1 N–H and O–H groups in total. The molecular formula is C16H21ClFN3O. The van der Waals surface area contributed by atoms with Gasteiger partial charge >= 0.3 is 0 Å². The number of nitrogens with zero attached hydrogens (tertiary/aromatic N) is 2. The van der Waals surface area contributed by atoms with E-state index < -0.39 is 0 Å². The van der Waals surface area contributed by atoms with Crippen molar-refractivity contribution in [3.63, 3.8) is 0 Å². The lowest BCUT2D eigenvalue weighted by Crippen LogP contribution is -2.43. The zero-order chi connectivity index (χ0) is 14.7. The van der Waals surface area contributed by atoms with Crippen LogP contribution in [0.25, 0.3) is 11.5 Å². The Hall–Kier alpha value is -1.43. The summed E-state index contributed by atoms with van der Waals surface area (Å²) < 4.78 is 18.7. The first kappa shape index (κ1) is 16.9. The molecule has 0 aliphatic carbocycles. The molecule has 1 aliphatic heterocycles. The Labute approximate surface area is 136 Å². The summed E-state index contributed by atoms with van der Waals surface area (Å²) >= 11 is 0. The highest BCUT2D eigenvalue weighted by atomic mass is 35.5. The number of aromatic nitrogens is 1. The molecule has 22 heavy (non-hydrogen) atoms. The number of nitrogens with one attached hydrogen (secondary N) is 1. The topological polar surface area (TPSA) is 41.3 Å². The van der Waals surface area contributed by atoms with Crippen LogP contribution < -0.4 is 5.32 Å². The molecule has 0 spiro atoms. The van der Waals surface area contributed by atoms with Crippen molar-refractivity contribution < 1.29 is 8.81 Å². The van der Waals surface area contributed by atoms with Crippen LogP contribution in [0.1, 0.15) is 18.5 Å². The van der Waals surface area contributed by atoms with Gasteiger partial charge in [0.15, 0.2) is 0 Å². The fourth-order valence-electron chi connectivity index (χ4n) is 2.80. The second-order valence-corrected chi connectivity index (χ2v) is 5.52. The minimum atomic E-state index is -0.278. The van der Waals surface area contributed by atoms with Crippen molar-refractivity contribution in [2.75, 3.05) is 20.1 Å². The van der Waals surface area contributed by atoms with Crippen LogP contribution in [0, 0.1) is 5.82 Å². The molecule has 1 aliphatic rings. The molecule has 6 heteroatoms. The van der Waals surface area contributed by atoms with Gasteiger partial charge in [0.05, 0.1) is 5.69 Å². The second-order valence-electron chi connectivity index (χ2n) is 5.52. The average Bonchev–Trinajstić information content (AvgIpc) is 2.96. The smallest absolute Gasteiger partial charge is 0.226 e. The Morgan fingerprint density at radius 3 is 3.09 bits per heavy atom. The summed E-state index contributed by atoms with van der Waals surface area (Å²) in [6.45, 7) is 2.88. The van der Waals surface area contributed by atoms with Gasteiger partial charge in [-0.05, 0) is 44.6 Å². The molecule has 2 aromatic rings. The lowest BCUT2D eigenvalue weighted by atomic mass is 10.1. The van der Waals surface area contributed by atoms with E-state index >= 15 is 0 Å². The van der Waals surface area contributed by atoms with Crippen LogP contribution in [0.2, 0.25) is 0 Å². The Balaban J connectivity index is 0.00000176. The van der Waals surface area contributed by atoms with Crippen LogP contribution in [-0.2, 0) is 6.54 Å². The zero-order valence-electron chi connectivity index (χ0n) is 12.6. The second kappa shape index (κ2) is 7.72. The third kappa shape index (κ3) is 4.06. The van der Waals surface area contributed by atoms with Gasteiger partial charge in [0.25, 0.3) is 0 Å². The maximum absolute atomic E-state index is 13.2. The summed E-state index contributed by atoms with van der Waals surface area (Å²) in [7, 11) is 2.01. The van der Waals surface area contributed by atoms with Crippen molar-refractivity contribution in [3.8, 4) is 11.5 Å². The molecule has 0 saturated carbocycles. The van der Waals surface area contributed by atoms with Crippen LogP contribution in [0.5, 0.6) is 0 Å². The lowest BCUT2D eigenvalue weighted by Gasteiger charge is -2.31. The molecule has 120 valence electrons. The van der Waals surface area contributed by atoms with E-state index in [9.17, 15) is 4.39 Å². The lowest BCUT2D eigenvalue weighted by molar-refractivity contribution is 0.186. The first-order valence-corrected chi connectivity index (χ1v) is 7.34. The number of likely N-dealkylation sites (tertiary alicyclic amines) is 1. The number of rotatable bonds is 4. The van der Waals surface area contributed by atoms with E-state index in [0.29, 0.717) is 17.5 Å². The summed E-state index contributed by atoms with van der Waals surface area (Å²) in [5.41, 5.74) is 1.57. The summed E-state index contributed by atoms with van der Waals surface area (Å²) in [4.78, 5) is 6.84. The first-order valence-electron chi connectivity index (χ1n) is 7.34. The average molecular weight is 326 g/mol. The van der Waals surface area contributed by atoms with Crippen LogP contribution in [0.4, 0.5) is 4.39 Å². The summed E-state index contributed by atoms with van der Waals surface area (Å²) in [5.74, 6) is 0.201. The van der Waals surface area contributed by atoms with Gasteiger partial charge in [-0.3, -0.25) is 4.90 Å². The predicted octanol–water partition coefficient (Wildman–Crippen LogP) is 3.09. The zero-order valence-corrected chi connectivity index (χ0v) is 13.4. The number of hydrogen-bond donors (Lipinski definition) is 1. The van der Waals surface area contributed by atoms with Gasteiger partial charge in [-0.15, -0.1) is 12.4 Å². The molecule has 0 radical (unpaired) electrons.